The molecule has 0 aromatic carbocycles. The summed E-state index contributed by atoms with van der Waals surface area (Å²) >= 11 is 0. The lowest BCUT2D eigenvalue weighted by atomic mass is 9.75. The first-order valence-electron chi connectivity index (χ1n) is 28.9. The molecule has 4 unspecified atom stereocenters. The predicted molar refractivity (Wildman–Crippen MR) is 308 cm³/mol. The molecule has 0 bridgehead atoms. The van der Waals surface area contributed by atoms with Crippen LogP contribution in [-0.2, 0) is 0 Å². The van der Waals surface area contributed by atoms with Gasteiger partial charge >= 0.3 is 0 Å². The topological polar surface area (TPSA) is 16.2 Å². The average Bonchev–Trinajstić information content (AvgIpc) is 3.87. The van der Waals surface area contributed by atoms with Crippen molar-refractivity contribution in [1.82, 2.24) is 24.5 Å². The van der Waals surface area contributed by atoms with E-state index in [0.29, 0.717) is 54.8 Å². The van der Waals surface area contributed by atoms with E-state index < -0.39 is 0 Å². The van der Waals surface area contributed by atoms with Crippen LogP contribution in [-0.4, -0.2) is 117 Å². The van der Waals surface area contributed by atoms with E-state index in [4.69, 9.17) is 0 Å². The predicted octanol–water partition coefficient (Wildman–Crippen LogP) is 17.2. The summed E-state index contributed by atoms with van der Waals surface area (Å²) in [6.45, 7) is 80.8. The molecular weight excluding hydrogens is 827 g/mol. The summed E-state index contributed by atoms with van der Waals surface area (Å²) in [5.41, 5.74) is 4.07. The van der Waals surface area contributed by atoms with Crippen molar-refractivity contribution in [3.05, 3.63) is 0 Å². The van der Waals surface area contributed by atoms with Crippen molar-refractivity contribution < 1.29 is 0 Å². The van der Waals surface area contributed by atoms with Crippen LogP contribution in [0.3, 0.4) is 0 Å². The number of piperidine rings is 3. The van der Waals surface area contributed by atoms with Crippen LogP contribution in [0.5, 0.6) is 0 Å². The van der Waals surface area contributed by atoms with E-state index in [1.807, 2.05) is 0 Å². The maximum Gasteiger partial charge on any atom is 0.0149 e. The Hall–Kier alpha value is -0.200. The Labute approximate surface area is 431 Å². The molecule has 0 aliphatic carbocycles. The Balaban J connectivity index is 0.000000425. The molecule has 0 amide bonds. The normalized spacial score (nSPS) is 25.9. The Morgan fingerprint density at radius 3 is 0.824 bits per heavy atom. The fourth-order valence-electron chi connectivity index (χ4n) is 11.9. The highest BCUT2D eigenvalue weighted by Crippen LogP contribution is 2.40. The molecular formula is C63H131N5. The first kappa shape index (κ1) is 65.8. The zero-order valence-corrected chi connectivity index (χ0v) is 52.9. The summed E-state index contributed by atoms with van der Waals surface area (Å²) in [6, 6.07) is 1.53. The standard InChI is InChI=1S/3C13H27N.2C12H25N/c1-12(2,3)11-7-9-14(10-8-11)13(4,5)6;1-12(2,3)11-8-7-9-14(10-11)13(4,5)6;1-12(2,3)11-9-7-8-10-14(11)13(4,5)6;1-11(2,3)10-7-8-13(9-10)12(4,5)6;1-11(2,3)10-8-7-9-13(10)12(4,5)6/h3*11H,7-10H2,1-6H3;2*10H,7-9H2,1-6H3. The molecule has 0 radical (unpaired) electrons. The van der Waals surface area contributed by atoms with E-state index in [2.05, 4.69) is 232 Å². The molecule has 0 N–H and O–H groups in total. The van der Waals surface area contributed by atoms with Crippen molar-refractivity contribution in [2.45, 2.75) is 312 Å². The van der Waals surface area contributed by atoms with Gasteiger partial charge in [0.2, 0.25) is 0 Å². The first-order chi connectivity index (χ1) is 30.1. The van der Waals surface area contributed by atoms with Crippen molar-refractivity contribution in [2.24, 2.45) is 44.8 Å². The van der Waals surface area contributed by atoms with Crippen LogP contribution in [0.1, 0.15) is 272 Å². The smallest absolute Gasteiger partial charge is 0.0149 e. The SMILES string of the molecule is CC(C)(C)C1CCCCN1C(C)(C)C.CC(C)(C)C1CCCN(C(C)(C)C)C1.CC(C)(C)C1CCCN1C(C)(C)C.CC(C)(C)C1CCN(C(C)(C)C)C1.CC(C)(C)C1CCN(C(C)(C)C)CC1. The summed E-state index contributed by atoms with van der Waals surface area (Å²) in [6.07, 6.45) is 13.8. The Morgan fingerprint density at radius 2 is 0.529 bits per heavy atom. The second-order valence-electron chi connectivity index (χ2n) is 33.2. The highest BCUT2D eigenvalue weighted by molar-refractivity contribution is 4.95. The van der Waals surface area contributed by atoms with Gasteiger partial charge in [-0.15, -0.1) is 0 Å². The Bertz CT molecular complexity index is 1280. The van der Waals surface area contributed by atoms with E-state index in [9.17, 15) is 0 Å². The third-order valence-corrected chi connectivity index (χ3v) is 17.1. The van der Waals surface area contributed by atoms with Gasteiger partial charge in [-0.25, -0.2) is 0 Å². The van der Waals surface area contributed by atoms with Gasteiger partial charge in [-0.1, -0.05) is 110 Å². The lowest BCUT2D eigenvalue weighted by Crippen LogP contribution is -2.55. The molecule has 5 heterocycles. The third kappa shape index (κ3) is 22.9. The maximum atomic E-state index is 2.70. The minimum atomic E-state index is 0.332. The number of rotatable bonds is 0. The highest BCUT2D eigenvalue weighted by atomic mass is 15.2. The average molecular weight is 959 g/mol. The first-order valence-corrected chi connectivity index (χ1v) is 28.9. The molecule has 5 aliphatic heterocycles. The van der Waals surface area contributed by atoms with Crippen LogP contribution in [0.25, 0.3) is 0 Å². The molecule has 5 nitrogen and oxygen atoms in total. The Morgan fingerprint density at radius 1 is 0.235 bits per heavy atom. The van der Waals surface area contributed by atoms with Crippen molar-refractivity contribution in [3.63, 3.8) is 0 Å². The fourth-order valence-corrected chi connectivity index (χ4v) is 11.9. The molecule has 4 atom stereocenters. The maximum absolute atomic E-state index is 2.70. The van der Waals surface area contributed by atoms with Gasteiger partial charge in [-0.3, -0.25) is 24.5 Å². The van der Waals surface area contributed by atoms with Crippen LogP contribution in [0.15, 0.2) is 0 Å². The Kier molecular flexibility index (Phi) is 24.1. The number of likely N-dealkylation sites (tertiary alicyclic amines) is 5. The summed E-state index contributed by atoms with van der Waals surface area (Å²) in [5, 5.41) is 0. The monoisotopic (exact) mass is 958 g/mol. The van der Waals surface area contributed by atoms with Gasteiger partial charge in [0.05, 0.1) is 0 Å². The van der Waals surface area contributed by atoms with E-state index >= 15 is 0 Å². The van der Waals surface area contributed by atoms with Crippen LogP contribution < -0.4 is 0 Å². The van der Waals surface area contributed by atoms with Crippen molar-refractivity contribution >= 4 is 0 Å². The number of nitrogens with zero attached hydrogens (tertiary/aromatic N) is 5. The largest absolute Gasteiger partial charge is 0.298 e. The molecule has 5 saturated heterocycles. The van der Waals surface area contributed by atoms with Crippen molar-refractivity contribution in [2.75, 3.05) is 52.4 Å². The molecule has 0 aromatic rings. The molecule has 0 spiro atoms. The number of hydrogen-bond donors (Lipinski definition) is 0. The van der Waals surface area contributed by atoms with Crippen LogP contribution >= 0.6 is 0 Å². The van der Waals surface area contributed by atoms with Gasteiger partial charge in [-0.2, -0.15) is 0 Å². The van der Waals surface area contributed by atoms with Gasteiger partial charge < -0.3 is 0 Å². The van der Waals surface area contributed by atoms with Gasteiger partial charge in [0.1, 0.15) is 0 Å². The second-order valence-corrected chi connectivity index (χ2v) is 33.2. The highest BCUT2D eigenvalue weighted by Gasteiger charge is 2.41. The van der Waals surface area contributed by atoms with Gasteiger partial charge in [0.15, 0.2) is 0 Å². The molecule has 68 heavy (non-hydrogen) atoms. The van der Waals surface area contributed by atoms with Crippen molar-refractivity contribution in [3.8, 4) is 0 Å². The summed E-state index contributed by atoms with van der Waals surface area (Å²) in [4.78, 5) is 13.3. The molecule has 5 heteroatoms. The number of hydrogen-bond acceptors (Lipinski definition) is 5. The van der Waals surface area contributed by atoms with E-state index in [0.717, 1.165) is 29.8 Å². The zero-order chi connectivity index (χ0) is 53.5. The second kappa shape index (κ2) is 24.9. The van der Waals surface area contributed by atoms with Crippen LogP contribution in [0, 0.1) is 44.8 Å². The third-order valence-electron chi connectivity index (χ3n) is 17.1. The van der Waals surface area contributed by atoms with Gasteiger partial charge in [0, 0.05) is 52.9 Å². The molecule has 5 aliphatic rings. The fraction of sp³-hybridized carbons (Fsp3) is 1.00. The van der Waals surface area contributed by atoms with Crippen molar-refractivity contribution in [1.29, 1.82) is 0 Å². The van der Waals surface area contributed by atoms with Crippen LogP contribution in [0.2, 0.25) is 0 Å². The molecule has 0 aromatic heterocycles. The summed E-state index contributed by atoms with van der Waals surface area (Å²) in [5.74, 6) is 2.67. The molecule has 0 saturated carbocycles. The molecule has 5 rings (SSSR count). The quantitative estimate of drug-likeness (QED) is 0.240. The lowest BCUT2D eigenvalue weighted by Gasteiger charge is -2.50. The minimum absolute atomic E-state index is 0.332. The van der Waals surface area contributed by atoms with Gasteiger partial charge in [0.25, 0.3) is 0 Å². The van der Waals surface area contributed by atoms with E-state index in [-0.39, 0.29) is 0 Å². The minimum Gasteiger partial charge on any atom is -0.298 e. The summed E-state index contributed by atoms with van der Waals surface area (Å²) < 4.78 is 0. The van der Waals surface area contributed by atoms with E-state index in [1.54, 1.807) is 0 Å². The lowest BCUT2D eigenvalue weighted by molar-refractivity contribution is -0.00414. The molecule has 5 fully saturated rings. The summed E-state index contributed by atoms with van der Waals surface area (Å²) in [7, 11) is 0. The van der Waals surface area contributed by atoms with E-state index in [1.165, 1.54) is 117 Å². The van der Waals surface area contributed by atoms with Gasteiger partial charge in [-0.05, 0) is 246 Å². The zero-order valence-electron chi connectivity index (χ0n) is 52.9. The molecule has 408 valence electrons. The van der Waals surface area contributed by atoms with Crippen LogP contribution in [0.4, 0.5) is 0 Å².